The van der Waals surface area contributed by atoms with E-state index in [1.807, 2.05) is 6.07 Å². The van der Waals surface area contributed by atoms with Crippen LogP contribution in [0.3, 0.4) is 0 Å². The van der Waals surface area contributed by atoms with Gasteiger partial charge in [-0.15, -0.1) is 4.40 Å². The van der Waals surface area contributed by atoms with Crippen molar-refractivity contribution >= 4 is 21.7 Å². The number of fused-ring (bicyclic) bond motifs is 1. The largest absolute Gasteiger partial charge is 0.492 e. The first-order valence-corrected chi connectivity index (χ1v) is 10.1. The van der Waals surface area contributed by atoms with Crippen LogP contribution in [0.1, 0.15) is 37.7 Å². The Labute approximate surface area is 141 Å². The summed E-state index contributed by atoms with van der Waals surface area (Å²) in [6, 6.07) is 5.30. The smallest absolute Gasteiger partial charge is 0.344 e. The van der Waals surface area contributed by atoms with Gasteiger partial charge in [-0.05, 0) is 42.7 Å². The number of hydrogen-bond donors (Lipinski definition) is 2. The molecule has 1 aliphatic heterocycles. The van der Waals surface area contributed by atoms with Crippen LogP contribution in [0.4, 0.5) is 5.69 Å². The Morgan fingerprint density at radius 3 is 2.79 bits per heavy atom. The van der Waals surface area contributed by atoms with Crippen molar-refractivity contribution in [1.29, 1.82) is 0 Å². The third kappa shape index (κ3) is 1.93. The molecular formula is C17H21N3O3S. The van der Waals surface area contributed by atoms with Crippen LogP contribution in [0, 0.1) is 23.2 Å². The summed E-state index contributed by atoms with van der Waals surface area (Å²) in [5.74, 6) is 3.27. The first-order valence-electron chi connectivity index (χ1n) is 8.62. The molecule has 3 saturated carbocycles. The standard InChI is InChI=1S/C17H21N3O3S/c18-16-14-12(19-24(21,22)20-16)5-2-6-13(14)23-9-17-7-10-3-1-4-11(8-17)15(10)17/h2,5-6,10-11,15,19H,1,3-4,7-9H2,(H2,18,20). The minimum atomic E-state index is -3.75. The van der Waals surface area contributed by atoms with Crippen molar-refractivity contribution in [1.82, 2.24) is 0 Å². The molecule has 3 aliphatic carbocycles. The quantitative estimate of drug-likeness (QED) is 0.877. The fourth-order valence-corrected chi connectivity index (χ4v) is 6.54. The summed E-state index contributed by atoms with van der Waals surface area (Å²) in [5.41, 5.74) is 7.21. The van der Waals surface area contributed by atoms with Crippen LogP contribution in [0.5, 0.6) is 5.75 Å². The molecule has 7 heteroatoms. The van der Waals surface area contributed by atoms with Gasteiger partial charge in [0.15, 0.2) is 5.84 Å². The van der Waals surface area contributed by atoms with Gasteiger partial charge < -0.3 is 10.5 Å². The molecule has 0 saturated heterocycles. The lowest BCUT2D eigenvalue weighted by molar-refractivity contribution is -0.221. The second-order valence-corrected chi connectivity index (χ2v) is 9.11. The predicted molar refractivity (Wildman–Crippen MR) is 91.2 cm³/mol. The van der Waals surface area contributed by atoms with E-state index in [9.17, 15) is 8.42 Å². The molecule has 5 rings (SSSR count). The van der Waals surface area contributed by atoms with Crippen LogP contribution in [-0.4, -0.2) is 20.9 Å². The number of hydrogen-bond acceptors (Lipinski definition) is 4. The van der Waals surface area contributed by atoms with Crippen LogP contribution in [0.25, 0.3) is 0 Å². The van der Waals surface area contributed by atoms with E-state index in [2.05, 4.69) is 9.12 Å². The maximum Gasteiger partial charge on any atom is 0.344 e. The number of nitrogens with two attached hydrogens (primary N) is 1. The van der Waals surface area contributed by atoms with E-state index in [-0.39, 0.29) is 5.84 Å². The van der Waals surface area contributed by atoms with Crippen LogP contribution < -0.4 is 15.2 Å². The molecule has 0 aromatic heterocycles. The van der Waals surface area contributed by atoms with Gasteiger partial charge in [-0.25, -0.2) is 0 Å². The molecular weight excluding hydrogens is 326 g/mol. The third-order valence-corrected chi connectivity index (χ3v) is 7.38. The van der Waals surface area contributed by atoms with Gasteiger partial charge in [0, 0.05) is 5.41 Å². The zero-order chi connectivity index (χ0) is 16.5. The molecule has 3 fully saturated rings. The van der Waals surface area contributed by atoms with Gasteiger partial charge >= 0.3 is 10.2 Å². The minimum absolute atomic E-state index is 0.00696. The van der Waals surface area contributed by atoms with E-state index in [1.165, 1.54) is 32.1 Å². The van der Waals surface area contributed by atoms with E-state index in [0.717, 1.165) is 17.8 Å². The van der Waals surface area contributed by atoms with Crippen LogP contribution in [-0.2, 0) is 10.2 Å². The van der Waals surface area contributed by atoms with Crippen molar-refractivity contribution in [3.8, 4) is 5.75 Å². The minimum Gasteiger partial charge on any atom is -0.492 e. The molecule has 2 atom stereocenters. The lowest BCUT2D eigenvalue weighted by Gasteiger charge is -2.69. The van der Waals surface area contributed by atoms with Gasteiger partial charge in [-0.2, -0.15) is 8.42 Å². The average Bonchev–Trinajstić information content (AvgIpc) is 2.46. The molecule has 1 aromatic rings. The number of nitrogens with one attached hydrogen (secondary N) is 1. The predicted octanol–water partition coefficient (Wildman–Crippen LogP) is 2.27. The summed E-state index contributed by atoms with van der Waals surface area (Å²) >= 11 is 0. The molecule has 0 radical (unpaired) electrons. The number of amidine groups is 1. The Bertz CT molecular complexity index is 835. The van der Waals surface area contributed by atoms with E-state index < -0.39 is 10.2 Å². The first-order chi connectivity index (χ1) is 11.5. The molecule has 0 spiro atoms. The van der Waals surface area contributed by atoms with Crippen LogP contribution in [0.2, 0.25) is 0 Å². The number of nitrogens with zero attached hydrogens (tertiary/aromatic N) is 1. The van der Waals surface area contributed by atoms with Crippen LogP contribution in [0.15, 0.2) is 22.6 Å². The Kier molecular flexibility index (Phi) is 2.83. The van der Waals surface area contributed by atoms with Gasteiger partial charge in [0.2, 0.25) is 0 Å². The van der Waals surface area contributed by atoms with Crippen LogP contribution >= 0.6 is 0 Å². The maximum absolute atomic E-state index is 11.7. The fourth-order valence-electron chi connectivity index (χ4n) is 5.70. The van der Waals surface area contributed by atoms with E-state index in [0.29, 0.717) is 29.0 Å². The monoisotopic (exact) mass is 347 g/mol. The van der Waals surface area contributed by atoms with Crippen molar-refractivity contribution in [3.05, 3.63) is 23.8 Å². The summed E-state index contributed by atoms with van der Waals surface area (Å²) in [6.45, 7) is 0.696. The zero-order valence-corrected chi connectivity index (χ0v) is 14.2. The van der Waals surface area contributed by atoms with Crippen molar-refractivity contribution < 1.29 is 13.2 Å². The van der Waals surface area contributed by atoms with Gasteiger partial charge in [-0.1, -0.05) is 25.3 Å². The fraction of sp³-hybridized carbons (Fsp3) is 0.588. The highest BCUT2D eigenvalue weighted by molar-refractivity contribution is 7.91. The van der Waals surface area contributed by atoms with E-state index >= 15 is 0 Å². The van der Waals surface area contributed by atoms with E-state index in [1.54, 1.807) is 12.1 Å². The first kappa shape index (κ1) is 14.6. The Balaban J connectivity index is 1.38. The second-order valence-electron chi connectivity index (χ2n) is 7.77. The molecule has 1 heterocycles. The highest BCUT2D eigenvalue weighted by Crippen LogP contribution is 2.71. The Hall–Kier alpha value is -1.76. The Morgan fingerprint density at radius 2 is 2.04 bits per heavy atom. The SMILES string of the molecule is NC1=NS(=O)(=O)Nc2cccc(OCC34CC5CCCC(C3)C54)c21. The Morgan fingerprint density at radius 1 is 1.29 bits per heavy atom. The van der Waals surface area contributed by atoms with Gasteiger partial charge in [0.25, 0.3) is 0 Å². The number of rotatable bonds is 3. The molecule has 1 aromatic carbocycles. The van der Waals surface area contributed by atoms with Crippen molar-refractivity contribution in [2.24, 2.45) is 33.3 Å². The molecule has 0 amide bonds. The number of ether oxygens (including phenoxy) is 1. The normalized spacial score (nSPS) is 37.7. The molecule has 2 unspecified atom stereocenters. The summed E-state index contributed by atoms with van der Waals surface area (Å²) in [6.07, 6.45) is 6.71. The molecule has 4 aliphatic rings. The van der Waals surface area contributed by atoms with E-state index in [4.69, 9.17) is 10.5 Å². The highest BCUT2D eigenvalue weighted by atomic mass is 32.2. The van der Waals surface area contributed by atoms with Crippen molar-refractivity contribution in [3.63, 3.8) is 0 Å². The molecule has 6 nitrogen and oxygen atoms in total. The lowest BCUT2D eigenvalue weighted by atomic mass is 9.36. The molecule has 0 bridgehead atoms. The maximum atomic E-state index is 11.7. The summed E-state index contributed by atoms with van der Waals surface area (Å²) in [5, 5.41) is 0. The van der Waals surface area contributed by atoms with Crippen molar-refractivity contribution in [2.45, 2.75) is 32.1 Å². The average molecular weight is 347 g/mol. The zero-order valence-electron chi connectivity index (χ0n) is 13.4. The summed E-state index contributed by atoms with van der Waals surface area (Å²) < 4.78 is 35.4. The number of anilines is 1. The lowest BCUT2D eigenvalue weighted by Crippen LogP contribution is -2.65. The van der Waals surface area contributed by atoms with Gasteiger partial charge in [0.1, 0.15) is 5.75 Å². The number of benzene rings is 1. The molecule has 3 N–H and O–H groups in total. The van der Waals surface area contributed by atoms with Gasteiger partial charge in [-0.3, -0.25) is 4.72 Å². The third-order valence-electron chi connectivity index (χ3n) is 6.47. The van der Waals surface area contributed by atoms with Crippen molar-refractivity contribution in [2.75, 3.05) is 11.3 Å². The van der Waals surface area contributed by atoms with Gasteiger partial charge in [0.05, 0.1) is 17.9 Å². The summed E-state index contributed by atoms with van der Waals surface area (Å²) in [4.78, 5) is 0. The topological polar surface area (TPSA) is 93.8 Å². The highest BCUT2D eigenvalue weighted by Gasteiger charge is 2.65. The summed E-state index contributed by atoms with van der Waals surface area (Å²) in [7, 11) is -3.75. The second kappa shape index (κ2) is 4.65. The molecule has 128 valence electrons. The molecule has 24 heavy (non-hydrogen) atoms.